The van der Waals surface area contributed by atoms with Crippen molar-refractivity contribution >= 4 is 21.9 Å². The molecule has 4 aliphatic carbocycles. The summed E-state index contributed by atoms with van der Waals surface area (Å²) >= 11 is 0. The molecule has 3 fully saturated rings. The van der Waals surface area contributed by atoms with E-state index < -0.39 is 27.1 Å². The van der Waals surface area contributed by atoms with Crippen molar-refractivity contribution in [1.29, 1.82) is 0 Å². The fourth-order valence-corrected chi connectivity index (χ4v) is 9.46. The van der Waals surface area contributed by atoms with E-state index in [0.717, 1.165) is 49.3 Å². The van der Waals surface area contributed by atoms with E-state index in [9.17, 15) is 28.2 Å². The Morgan fingerprint density at radius 1 is 1.13 bits per heavy atom. The molecule has 7 atom stereocenters. The van der Waals surface area contributed by atoms with Gasteiger partial charge in [-0.15, -0.1) is 0 Å². The van der Waals surface area contributed by atoms with Crippen molar-refractivity contribution in [2.45, 2.75) is 75.7 Å². The maximum absolute atomic E-state index is 13.0. The number of benzene rings is 1. The van der Waals surface area contributed by atoms with Gasteiger partial charge < -0.3 is 10.2 Å². The van der Waals surface area contributed by atoms with Crippen molar-refractivity contribution in [3.63, 3.8) is 0 Å². The summed E-state index contributed by atoms with van der Waals surface area (Å²) in [5.74, 6) is -0.134. The second-order valence-corrected chi connectivity index (χ2v) is 13.5. The SMILES string of the molecule is CC[C@]12CC[C@H]3[C@@H](C[C@@H](COS(=O)(=O)c4ccc(C)cc4)C4=CC(=O)CC[C@@H]43)[C@@H]1CC[C@@]2(O)/C=C\C(=O)O. The Labute approximate surface area is 225 Å². The second kappa shape index (κ2) is 10.0. The lowest BCUT2D eigenvalue weighted by atomic mass is 9.48. The molecule has 0 heterocycles. The van der Waals surface area contributed by atoms with Crippen LogP contribution in [0.15, 0.2) is 53.0 Å². The Bertz CT molecular complexity index is 1260. The van der Waals surface area contributed by atoms with Gasteiger partial charge in [0.1, 0.15) is 0 Å². The summed E-state index contributed by atoms with van der Waals surface area (Å²) in [5, 5.41) is 21.0. The lowest BCUT2D eigenvalue weighted by molar-refractivity contribution is -0.132. The smallest absolute Gasteiger partial charge is 0.328 e. The molecule has 0 aromatic heterocycles. The number of carbonyl (C=O) groups is 2. The highest BCUT2D eigenvalue weighted by molar-refractivity contribution is 7.86. The molecule has 38 heavy (non-hydrogen) atoms. The molecule has 0 spiro atoms. The number of carbonyl (C=O) groups excluding carboxylic acids is 1. The van der Waals surface area contributed by atoms with Gasteiger partial charge in [0, 0.05) is 23.8 Å². The van der Waals surface area contributed by atoms with Crippen LogP contribution in [-0.2, 0) is 23.9 Å². The highest BCUT2D eigenvalue weighted by Crippen LogP contribution is 2.67. The lowest BCUT2D eigenvalue weighted by Crippen LogP contribution is -2.54. The summed E-state index contributed by atoms with van der Waals surface area (Å²) < 4.78 is 31.6. The van der Waals surface area contributed by atoms with Crippen molar-refractivity contribution in [3.05, 3.63) is 53.6 Å². The van der Waals surface area contributed by atoms with Crippen LogP contribution in [0.1, 0.15) is 63.9 Å². The molecular formula is C30H38O7S. The summed E-state index contributed by atoms with van der Waals surface area (Å²) in [6, 6.07) is 6.58. The number of hydrogen-bond acceptors (Lipinski definition) is 6. The third-order valence-electron chi connectivity index (χ3n) is 10.3. The summed E-state index contributed by atoms with van der Waals surface area (Å²) in [5.41, 5.74) is 0.410. The van der Waals surface area contributed by atoms with Gasteiger partial charge in [0.2, 0.25) is 0 Å². The first-order valence-electron chi connectivity index (χ1n) is 13.8. The van der Waals surface area contributed by atoms with E-state index in [2.05, 4.69) is 6.92 Å². The number of ketones is 1. The average molecular weight is 543 g/mol. The zero-order valence-electron chi connectivity index (χ0n) is 22.1. The second-order valence-electron chi connectivity index (χ2n) is 11.9. The van der Waals surface area contributed by atoms with Crippen LogP contribution < -0.4 is 0 Å². The standard InChI is InChI=1S/C30H38O7S/c1-3-29-13-10-24-23-9-6-21(31)17-25(23)20(18-37-38(35,36)22-7-4-19(2)5-8-22)16-26(24)27(29)11-14-30(29,34)15-12-28(32)33/h4-5,7-8,12,15,17,20,23-24,26-27,34H,3,6,9-11,13-14,16,18H2,1-2H3,(H,32,33)/b15-12-/t20-,23+,24+,26+,27-,29-,30+/m0/s1. The van der Waals surface area contributed by atoms with E-state index in [0.29, 0.717) is 25.2 Å². The van der Waals surface area contributed by atoms with E-state index in [1.165, 1.54) is 6.08 Å². The number of aliphatic carboxylic acids is 1. The van der Waals surface area contributed by atoms with Gasteiger partial charge in [0.25, 0.3) is 10.1 Å². The highest BCUT2D eigenvalue weighted by atomic mass is 32.2. The van der Waals surface area contributed by atoms with E-state index in [4.69, 9.17) is 4.18 Å². The van der Waals surface area contributed by atoms with Crippen molar-refractivity contribution < 1.29 is 32.4 Å². The molecule has 8 heteroatoms. The molecule has 0 aliphatic heterocycles. The van der Waals surface area contributed by atoms with Crippen LogP contribution in [0, 0.1) is 41.9 Å². The van der Waals surface area contributed by atoms with Crippen molar-refractivity contribution in [2.24, 2.45) is 35.0 Å². The Kier molecular flexibility index (Phi) is 7.20. The van der Waals surface area contributed by atoms with Gasteiger partial charge in [-0.1, -0.05) is 30.2 Å². The molecule has 0 unspecified atom stereocenters. The number of rotatable bonds is 7. The van der Waals surface area contributed by atoms with E-state index in [1.807, 2.05) is 6.92 Å². The number of carboxylic acids is 1. The minimum atomic E-state index is -3.94. The number of aliphatic hydroxyl groups is 1. The van der Waals surface area contributed by atoms with Gasteiger partial charge in [0.05, 0.1) is 17.1 Å². The van der Waals surface area contributed by atoms with Crippen LogP contribution in [0.4, 0.5) is 0 Å². The Hall–Kier alpha value is -2.29. The van der Waals surface area contributed by atoms with Crippen LogP contribution >= 0.6 is 0 Å². The number of carboxylic acid groups (broad SMARTS) is 1. The molecule has 1 aromatic rings. The molecule has 7 nitrogen and oxygen atoms in total. The first kappa shape index (κ1) is 27.3. The summed E-state index contributed by atoms with van der Waals surface area (Å²) in [7, 11) is -3.94. The summed E-state index contributed by atoms with van der Waals surface area (Å²) in [4.78, 5) is 23.9. The van der Waals surface area contributed by atoms with Crippen LogP contribution in [-0.4, -0.2) is 42.6 Å². The molecule has 0 radical (unpaired) electrons. The molecule has 3 saturated carbocycles. The van der Waals surface area contributed by atoms with Gasteiger partial charge in [-0.25, -0.2) is 4.79 Å². The molecular weight excluding hydrogens is 504 g/mol. The highest BCUT2D eigenvalue weighted by Gasteiger charge is 2.63. The van der Waals surface area contributed by atoms with Gasteiger partial charge >= 0.3 is 5.97 Å². The Morgan fingerprint density at radius 3 is 2.55 bits per heavy atom. The molecule has 1 aromatic carbocycles. The maximum Gasteiger partial charge on any atom is 0.328 e. The van der Waals surface area contributed by atoms with Gasteiger partial charge in [-0.3, -0.25) is 8.98 Å². The third-order valence-corrected chi connectivity index (χ3v) is 11.6. The predicted molar refractivity (Wildman–Crippen MR) is 142 cm³/mol. The topological polar surface area (TPSA) is 118 Å². The Balaban J connectivity index is 1.44. The molecule has 5 rings (SSSR count). The first-order valence-corrected chi connectivity index (χ1v) is 15.3. The van der Waals surface area contributed by atoms with Crippen molar-refractivity contribution in [1.82, 2.24) is 0 Å². The fraction of sp³-hybridized carbons (Fsp3) is 0.600. The minimum Gasteiger partial charge on any atom is -0.478 e. The van der Waals surface area contributed by atoms with Crippen molar-refractivity contribution in [2.75, 3.05) is 6.61 Å². The molecule has 0 saturated heterocycles. The Morgan fingerprint density at radius 2 is 1.87 bits per heavy atom. The first-order chi connectivity index (χ1) is 18.0. The maximum atomic E-state index is 13.0. The van der Waals surface area contributed by atoms with Gasteiger partial charge in [0.15, 0.2) is 5.78 Å². The zero-order valence-corrected chi connectivity index (χ0v) is 23.0. The molecule has 2 N–H and O–H groups in total. The van der Waals surface area contributed by atoms with Crippen LogP contribution in [0.2, 0.25) is 0 Å². The van der Waals surface area contributed by atoms with E-state index in [1.54, 1.807) is 30.3 Å². The van der Waals surface area contributed by atoms with Crippen molar-refractivity contribution in [3.8, 4) is 0 Å². The zero-order chi connectivity index (χ0) is 27.3. The quantitative estimate of drug-likeness (QED) is 0.374. The van der Waals surface area contributed by atoms with Crippen LogP contribution in [0.25, 0.3) is 0 Å². The fourth-order valence-electron chi connectivity index (χ4n) is 8.51. The van der Waals surface area contributed by atoms with E-state index >= 15 is 0 Å². The molecule has 206 valence electrons. The number of hydrogen-bond donors (Lipinski definition) is 2. The summed E-state index contributed by atoms with van der Waals surface area (Å²) in [6.07, 6.45) is 10.1. The molecule has 0 amide bonds. The molecule has 0 bridgehead atoms. The van der Waals surface area contributed by atoms with Gasteiger partial charge in [-0.2, -0.15) is 8.42 Å². The van der Waals surface area contributed by atoms with Crippen LogP contribution in [0.3, 0.4) is 0 Å². The number of aryl methyl sites for hydroxylation is 1. The van der Waals surface area contributed by atoms with Gasteiger partial charge in [-0.05, 0) is 99.8 Å². The van der Waals surface area contributed by atoms with E-state index in [-0.39, 0.29) is 41.0 Å². The molecule has 4 aliphatic rings. The monoisotopic (exact) mass is 542 g/mol. The largest absolute Gasteiger partial charge is 0.478 e. The average Bonchev–Trinajstić information content (AvgIpc) is 3.19. The predicted octanol–water partition coefficient (Wildman–Crippen LogP) is 4.83. The lowest BCUT2D eigenvalue weighted by Gasteiger charge is -2.57. The third kappa shape index (κ3) is 4.58. The number of fused-ring (bicyclic) bond motifs is 5. The normalized spacial score (nSPS) is 36.9. The van der Waals surface area contributed by atoms with Crippen LogP contribution in [0.5, 0.6) is 0 Å². The minimum absolute atomic E-state index is 0.00985. The summed E-state index contributed by atoms with van der Waals surface area (Å²) in [6.45, 7) is 3.97.